The van der Waals surface area contributed by atoms with Gasteiger partial charge in [0, 0.05) is 24.5 Å². The molecule has 0 aromatic carbocycles. The Morgan fingerprint density at radius 1 is 1.39 bits per heavy atom. The van der Waals surface area contributed by atoms with E-state index in [1.807, 2.05) is 23.6 Å². The molecule has 2 heterocycles. The summed E-state index contributed by atoms with van der Waals surface area (Å²) >= 11 is 1.81. The van der Waals surface area contributed by atoms with Crippen LogP contribution in [0, 0.1) is 0 Å². The van der Waals surface area contributed by atoms with Gasteiger partial charge in [0.1, 0.15) is 5.69 Å². The number of anilines is 1. The van der Waals surface area contributed by atoms with Crippen LogP contribution in [0.2, 0.25) is 0 Å². The standard InChI is InChI=1S/C11H14F3N3S/c1-8-3-6-18-7-5-17(8)10-15-4-2-9(16-10)11(12,13)14/h2,4,8H,3,5-7H2,1H3. The molecule has 1 aliphatic heterocycles. The van der Waals surface area contributed by atoms with Gasteiger partial charge in [-0.2, -0.15) is 24.9 Å². The van der Waals surface area contributed by atoms with Crippen LogP contribution in [-0.2, 0) is 6.18 Å². The van der Waals surface area contributed by atoms with Crippen molar-refractivity contribution in [1.82, 2.24) is 9.97 Å². The van der Waals surface area contributed by atoms with Crippen molar-refractivity contribution < 1.29 is 13.2 Å². The Balaban J connectivity index is 2.26. The fourth-order valence-corrected chi connectivity index (χ4v) is 2.87. The van der Waals surface area contributed by atoms with Gasteiger partial charge in [0.05, 0.1) is 0 Å². The van der Waals surface area contributed by atoms with Crippen LogP contribution in [0.15, 0.2) is 12.3 Å². The summed E-state index contributed by atoms with van der Waals surface area (Å²) in [6, 6.07) is 1.07. The zero-order valence-electron chi connectivity index (χ0n) is 9.94. The van der Waals surface area contributed by atoms with Crippen LogP contribution >= 0.6 is 11.8 Å². The van der Waals surface area contributed by atoms with E-state index in [0.29, 0.717) is 6.54 Å². The molecule has 0 bridgehead atoms. The molecule has 0 aliphatic carbocycles. The van der Waals surface area contributed by atoms with Crippen LogP contribution in [0.4, 0.5) is 19.1 Å². The first-order chi connectivity index (χ1) is 8.48. The minimum absolute atomic E-state index is 0.170. The van der Waals surface area contributed by atoms with Crippen LogP contribution in [0.25, 0.3) is 0 Å². The third kappa shape index (κ3) is 3.07. The van der Waals surface area contributed by atoms with Gasteiger partial charge in [0.2, 0.25) is 5.95 Å². The smallest absolute Gasteiger partial charge is 0.337 e. The number of hydrogen-bond acceptors (Lipinski definition) is 4. The highest BCUT2D eigenvalue weighted by Crippen LogP contribution is 2.29. The Labute approximate surface area is 108 Å². The largest absolute Gasteiger partial charge is 0.433 e. The summed E-state index contributed by atoms with van der Waals surface area (Å²) < 4.78 is 37.8. The minimum Gasteiger partial charge on any atom is -0.337 e. The number of thioether (sulfide) groups is 1. The molecule has 0 spiro atoms. The van der Waals surface area contributed by atoms with Gasteiger partial charge in [-0.15, -0.1) is 0 Å². The second kappa shape index (κ2) is 5.34. The van der Waals surface area contributed by atoms with E-state index in [-0.39, 0.29) is 12.0 Å². The lowest BCUT2D eigenvalue weighted by Gasteiger charge is -2.27. The molecule has 0 N–H and O–H groups in total. The van der Waals surface area contributed by atoms with Crippen LogP contribution < -0.4 is 4.90 Å². The van der Waals surface area contributed by atoms with Crippen molar-refractivity contribution in [3.05, 3.63) is 18.0 Å². The SMILES string of the molecule is CC1CCSCCN1c1nccc(C(F)(F)F)n1. The fourth-order valence-electron chi connectivity index (χ4n) is 1.84. The quantitative estimate of drug-likeness (QED) is 0.789. The molecule has 1 aromatic heterocycles. The summed E-state index contributed by atoms with van der Waals surface area (Å²) in [6.45, 7) is 2.68. The number of hydrogen-bond donors (Lipinski definition) is 0. The van der Waals surface area contributed by atoms with Crippen molar-refractivity contribution in [1.29, 1.82) is 0 Å². The lowest BCUT2D eigenvalue weighted by molar-refractivity contribution is -0.141. The maximum Gasteiger partial charge on any atom is 0.433 e. The highest BCUT2D eigenvalue weighted by Gasteiger charge is 2.33. The van der Waals surface area contributed by atoms with Gasteiger partial charge in [-0.25, -0.2) is 9.97 Å². The van der Waals surface area contributed by atoms with Crippen molar-refractivity contribution in [2.45, 2.75) is 25.6 Å². The molecule has 1 atom stereocenters. The molecule has 100 valence electrons. The van der Waals surface area contributed by atoms with Crippen molar-refractivity contribution in [3.63, 3.8) is 0 Å². The van der Waals surface area contributed by atoms with Crippen LogP contribution in [0.1, 0.15) is 19.0 Å². The molecule has 3 nitrogen and oxygen atoms in total. The average molecular weight is 277 g/mol. The van der Waals surface area contributed by atoms with Crippen molar-refractivity contribution in [2.75, 3.05) is 23.0 Å². The van der Waals surface area contributed by atoms with E-state index < -0.39 is 11.9 Å². The van der Waals surface area contributed by atoms with E-state index in [9.17, 15) is 13.2 Å². The first kappa shape index (κ1) is 13.5. The molecule has 1 saturated heterocycles. The summed E-state index contributed by atoms with van der Waals surface area (Å²) in [4.78, 5) is 9.47. The van der Waals surface area contributed by atoms with Gasteiger partial charge in [0.25, 0.3) is 0 Å². The number of rotatable bonds is 1. The lowest BCUT2D eigenvalue weighted by Crippen LogP contribution is -2.35. The monoisotopic (exact) mass is 277 g/mol. The second-order valence-electron chi connectivity index (χ2n) is 4.18. The number of aromatic nitrogens is 2. The van der Waals surface area contributed by atoms with Gasteiger partial charge < -0.3 is 4.90 Å². The van der Waals surface area contributed by atoms with Gasteiger partial charge >= 0.3 is 6.18 Å². The third-order valence-corrected chi connectivity index (χ3v) is 3.87. The van der Waals surface area contributed by atoms with Crippen molar-refractivity contribution in [2.24, 2.45) is 0 Å². The number of halogens is 3. The molecule has 18 heavy (non-hydrogen) atoms. The van der Waals surface area contributed by atoms with E-state index in [1.54, 1.807) is 0 Å². The first-order valence-electron chi connectivity index (χ1n) is 5.73. The maximum atomic E-state index is 12.6. The van der Waals surface area contributed by atoms with E-state index >= 15 is 0 Å². The Morgan fingerprint density at radius 3 is 2.89 bits per heavy atom. The molecule has 0 radical (unpaired) electrons. The number of nitrogens with zero attached hydrogens (tertiary/aromatic N) is 3. The third-order valence-electron chi connectivity index (χ3n) is 2.88. The minimum atomic E-state index is -4.42. The zero-order valence-corrected chi connectivity index (χ0v) is 10.8. The molecular formula is C11H14F3N3S. The Bertz CT molecular complexity index is 411. The van der Waals surface area contributed by atoms with E-state index in [4.69, 9.17) is 0 Å². The maximum absolute atomic E-state index is 12.6. The molecule has 1 unspecified atom stereocenters. The Morgan fingerprint density at radius 2 is 2.17 bits per heavy atom. The molecule has 0 amide bonds. The van der Waals surface area contributed by atoms with Crippen LogP contribution in [0.5, 0.6) is 0 Å². The van der Waals surface area contributed by atoms with E-state index in [0.717, 1.165) is 24.0 Å². The molecular weight excluding hydrogens is 263 g/mol. The normalized spacial score (nSPS) is 21.8. The van der Waals surface area contributed by atoms with Gasteiger partial charge in [-0.1, -0.05) is 0 Å². The topological polar surface area (TPSA) is 29.0 Å². The van der Waals surface area contributed by atoms with E-state index in [2.05, 4.69) is 9.97 Å². The summed E-state index contributed by atoms with van der Waals surface area (Å²) in [5.74, 6) is 2.10. The second-order valence-corrected chi connectivity index (χ2v) is 5.41. The number of alkyl halides is 3. The van der Waals surface area contributed by atoms with Crippen molar-refractivity contribution >= 4 is 17.7 Å². The summed E-state index contributed by atoms with van der Waals surface area (Å²) in [5, 5.41) is 0. The van der Waals surface area contributed by atoms with Gasteiger partial charge in [-0.05, 0) is 25.2 Å². The highest BCUT2D eigenvalue weighted by molar-refractivity contribution is 7.99. The van der Waals surface area contributed by atoms with Gasteiger partial charge in [0.15, 0.2) is 0 Å². The average Bonchev–Trinajstić information content (AvgIpc) is 2.53. The van der Waals surface area contributed by atoms with Crippen LogP contribution in [-0.4, -0.2) is 34.1 Å². The highest BCUT2D eigenvalue weighted by atomic mass is 32.2. The predicted molar refractivity (Wildman–Crippen MR) is 65.8 cm³/mol. The van der Waals surface area contributed by atoms with E-state index in [1.165, 1.54) is 6.20 Å². The first-order valence-corrected chi connectivity index (χ1v) is 6.88. The lowest BCUT2D eigenvalue weighted by atomic mass is 10.2. The zero-order chi connectivity index (χ0) is 13.2. The molecule has 1 aliphatic rings. The molecule has 7 heteroatoms. The van der Waals surface area contributed by atoms with Gasteiger partial charge in [-0.3, -0.25) is 0 Å². The Hall–Kier alpha value is -0.980. The molecule has 0 saturated carbocycles. The Kier molecular flexibility index (Phi) is 3.99. The molecule has 1 aromatic rings. The predicted octanol–water partition coefficient (Wildman–Crippen LogP) is 2.83. The molecule has 2 rings (SSSR count). The van der Waals surface area contributed by atoms with Crippen molar-refractivity contribution in [3.8, 4) is 0 Å². The summed E-state index contributed by atoms with van der Waals surface area (Å²) in [6.07, 6.45) is -2.30. The molecule has 1 fully saturated rings. The van der Waals surface area contributed by atoms with Crippen LogP contribution in [0.3, 0.4) is 0 Å². The summed E-state index contributed by atoms with van der Waals surface area (Å²) in [5.41, 5.74) is -0.878. The fraction of sp³-hybridized carbons (Fsp3) is 0.636. The summed E-state index contributed by atoms with van der Waals surface area (Å²) in [7, 11) is 0.